The molecule has 0 N–H and O–H groups in total. The van der Waals surface area contributed by atoms with Crippen molar-refractivity contribution in [1.29, 1.82) is 5.26 Å². The zero-order chi connectivity index (χ0) is 15.6. The maximum Gasteiger partial charge on any atom is 0.231 e. The Kier molecular flexibility index (Phi) is 4.59. The normalized spacial score (nSPS) is 21.1. The second kappa shape index (κ2) is 6.08. The third-order valence-electron chi connectivity index (χ3n) is 3.73. The number of halogens is 2. The monoisotopic (exact) mass is 314 g/mol. The lowest BCUT2D eigenvalue weighted by Gasteiger charge is -2.26. The number of benzene rings is 1. The molecule has 114 valence electrons. The van der Waals surface area contributed by atoms with Crippen LogP contribution in [-0.4, -0.2) is 24.5 Å². The molecule has 7 heteroatoms. The van der Waals surface area contributed by atoms with Crippen LogP contribution in [-0.2, 0) is 10.0 Å². The van der Waals surface area contributed by atoms with E-state index in [-0.39, 0.29) is 6.42 Å². The summed E-state index contributed by atoms with van der Waals surface area (Å²) in [6.45, 7) is 1.93. The second-order valence-electron chi connectivity index (χ2n) is 5.01. The molecule has 0 aliphatic carbocycles. The summed E-state index contributed by atoms with van der Waals surface area (Å²) in [5.41, 5.74) is 0.419. The summed E-state index contributed by atoms with van der Waals surface area (Å²) in [6.07, 6.45) is 1.36. The van der Waals surface area contributed by atoms with Gasteiger partial charge in [0.1, 0.15) is 0 Å². The highest BCUT2D eigenvalue weighted by atomic mass is 32.2. The number of rotatable bonds is 4. The first-order valence-electron chi connectivity index (χ1n) is 6.77. The third-order valence-corrected chi connectivity index (χ3v) is 5.98. The minimum atomic E-state index is -3.77. The average molecular weight is 314 g/mol. The first-order chi connectivity index (χ1) is 9.91. The molecule has 1 aromatic carbocycles. The third kappa shape index (κ3) is 2.92. The molecule has 21 heavy (non-hydrogen) atoms. The molecule has 2 rings (SSSR count). The molecule has 4 nitrogen and oxygen atoms in total. The van der Waals surface area contributed by atoms with Gasteiger partial charge in [0.25, 0.3) is 0 Å². The van der Waals surface area contributed by atoms with Crippen LogP contribution in [0.25, 0.3) is 0 Å². The van der Waals surface area contributed by atoms with Crippen molar-refractivity contribution in [3.63, 3.8) is 0 Å². The van der Waals surface area contributed by atoms with Crippen LogP contribution in [0, 0.1) is 23.0 Å². The van der Waals surface area contributed by atoms with Crippen molar-refractivity contribution >= 4 is 10.0 Å². The first-order valence-corrected chi connectivity index (χ1v) is 8.27. The van der Waals surface area contributed by atoms with Crippen LogP contribution < -0.4 is 0 Å². The molecule has 0 aromatic heterocycles. The van der Waals surface area contributed by atoms with Crippen molar-refractivity contribution in [1.82, 2.24) is 4.31 Å². The molecule has 0 unspecified atom stereocenters. The van der Waals surface area contributed by atoms with Gasteiger partial charge in [-0.15, -0.1) is 0 Å². The van der Waals surface area contributed by atoms with Crippen LogP contribution in [0.4, 0.5) is 8.78 Å². The van der Waals surface area contributed by atoms with Gasteiger partial charge in [-0.05, 0) is 37.0 Å². The number of hydrogen-bond donors (Lipinski definition) is 0. The van der Waals surface area contributed by atoms with Crippen molar-refractivity contribution in [2.45, 2.75) is 37.5 Å². The number of nitriles is 1. The summed E-state index contributed by atoms with van der Waals surface area (Å²) < 4.78 is 52.5. The van der Waals surface area contributed by atoms with E-state index in [1.807, 2.05) is 0 Å². The highest BCUT2D eigenvalue weighted by Gasteiger charge is 2.39. The fraction of sp³-hybridized carbons (Fsp3) is 0.500. The number of sulfonamides is 1. The molecule has 0 amide bonds. The molecule has 1 fully saturated rings. The largest absolute Gasteiger partial charge is 0.231 e. The molecular formula is C14H16F2N2O2S. The SMILES string of the molecule is CC[C@H](C#N)S(=O)(=O)N1CCC[C@@H]1c1ccc(F)c(F)c1. The Hall–Kier alpha value is -1.52. The van der Waals surface area contributed by atoms with Crippen molar-refractivity contribution in [2.75, 3.05) is 6.54 Å². The van der Waals surface area contributed by atoms with Crippen LogP contribution in [0.5, 0.6) is 0 Å². The van der Waals surface area contributed by atoms with Crippen molar-refractivity contribution in [3.05, 3.63) is 35.4 Å². The van der Waals surface area contributed by atoms with Gasteiger partial charge in [0.2, 0.25) is 10.0 Å². The van der Waals surface area contributed by atoms with Gasteiger partial charge in [-0.2, -0.15) is 9.57 Å². The maximum atomic E-state index is 13.4. The van der Waals surface area contributed by atoms with Gasteiger partial charge in [0.15, 0.2) is 16.9 Å². The Labute approximate surface area is 123 Å². The predicted octanol–water partition coefficient (Wildman–Crippen LogP) is 2.73. The molecule has 0 radical (unpaired) electrons. The number of nitrogens with zero attached hydrogens (tertiary/aromatic N) is 2. The summed E-state index contributed by atoms with van der Waals surface area (Å²) >= 11 is 0. The Balaban J connectivity index is 2.37. The fourth-order valence-corrected chi connectivity index (χ4v) is 4.48. The van der Waals surface area contributed by atoms with E-state index in [9.17, 15) is 17.2 Å². The van der Waals surface area contributed by atoms with Gasteiger partial charge in [-0.1, -0.05) is 13.0 Å². The van der Waals surface area contributed by atoms with E-state index in [4.69, 9.17) is 5.26 Å². The van der Waals surface area contributed by atoms with Crippen LogP contribution in [0.3, 0.4) is 0 Å². The quantitative estimate of drug-likeness (QED) is 0.858. The van der Waals surface area contributed by atoms with Crippen LogP contribution in [0.1, 0.15) is 37.8 Å². The van der Waals surface area contributed by atoms with Gasteiger partial charge in [-0.25, -0.2) is 17.2 Å². The molecule has 2 atom stereocenters. The molecule has 0 bridgehead atoms. The highest BCUT2D eigenvalue weighted by Crippen LogP contribution is 2.36. The highest BCUT2D eigenvalue weighted by molar-refractivity contribution is 7.90. The van der Waals surface area contributed by atoms with Gasteiger partial charge in [0.05, 0.1) is 6.07 Å². The number of hydrogen-bond acceptors (Lipinski definition) is 3. The van der Waals surface area contributed by atoms with E-state index in [2.05, 4.69) is 0 Å². The van der Waals surface area contributed by atoms with Gasteiger partial charge in [0, 0.05) is 12.6 Å². The minimum absolute atomic E-state index is 0.194. The molecule has 1 heterocycles. The zero-order valence-electron chi connectivity index (χ0n) is 11.6. The van der Waals surface area contributed by atoms with Gasteiger partial charge >= 0.3 is 0 Å². The van der Waals surface area contributed by atoms with E-state index in [1.54, 1.807) is 13.0 Å². The van der Waals surface area contributed by atoms with E-state index in [0.29, 0.717) is 24.9 Å². The van der Waals surface area contributed by atoms with E-state index >= 15 is 0 Å². The Morgan fingerprint density at radius 3 is 2.71 bits per heavy atom. The summed E-state index contributed by atoms with van der Waals surface area (Å²) in [6, 6.07) is 4.68. The molecule has 1 aliphatic heterocycles. The van der Waals surface area contributed by atoms with Crippen molar-refractivity contribution in [2.24, 2.45) is 0 Å². The van der Waals surface area contributed by atoms with Gasteiger partial charge in [-0.3, -0.25) is 0 Å². The predicted molar refractivity (Wildman–Crippen MR) is 73.7 cm³/mol. The lowest BCUT2D eigenvalue weighted by Crippen LogP contribution is -2.37. The maximum absolute atomic E-state index is 13.4. The van der Waals surface area contributed by atoms with E-state index in [1.165, 1.54) is 10.4 Å². The van der Waals surface area contributed by atoms with Crippen molar-refractivity contribution in [3.8, 4) is 6.07 Å². The lowest BCUT2D eigenvalue weighted by molar-refractivity contribution is 0.390. The van der Waals surface area contributed by atoms with Crippen LogP contribution in [0.2, 0.25) is 0 Å². The standard InChI is InChI=1S/C14H16F2N2O2S/c1-2-11(9-17)21(19,20)18-7-3-4-14(18)10-5-6-12(15)13(16)8-10/h5-6,8,11,14H,2-4,7H2,1H3/t11-,14-/m1/s1. The van der Waals surface area contributed by atoms with Crippen molar-refractivity contribution < 1.29 is 17.2 Å². The molecule has 0 saturated carbocycles. The van der Waals surface area contributed by atoms with Gasteiger partial charge < -0.3 is 0 Å². The Morgan fingerprint density at radius 2 is 2.14 bits per heavy atom. The topological polar surface area (TPSA) is 61.2 Å². The van der Waals surface area contributed by atoms with E-state index in [0.717, 1.165) is 12.1 Å². The lowest BCUT2D eigenvalue weighted by atomic mass is 10.1. The minimum Gasteiger partial charge on any atom is -0.211 e. The fourth-order valence-electron chi connectivity index (χ4n) is 2.63. The van der Waals surface area contributed by atoms with Crippen LogP contribution >= 0.6 is 0 Å². The molecule has 0 spiro atoms. The zero-order valence-corrected chi connectivity index (χ0v) is 12.4. The Morgan fingerprint density at radius 1 is 1.43 bits per heavy atom. The molecule has 1 aromatic rings. The smallest absolute Gasteiger partial charge is 0.211 e. The summed E-state index contributed by atoms with van der Waals surface area (Å²) in [7, 11) is -3.77. The molecule has 1 aliphatic rings. The summed E-state index contributed by atoms with van der Waals surface area (Å²) in [4.78, 5) is 0. The summed E-state index contributed by atoms with van der Waals surface area (Å²) in [5, 5.41) is 7.89. The average Bonchev–Trinajstić information content (AvgIpc) is 2.93. The summed E-state index contributed by atoms with van der Waals surface area (Å²) in [5.74, 6) is -1.96. The molecular weight excluding hydrogens is 298 g/mol. The first kappa shape index (κ1) is 15.9. The second-order valence-corrected chi connectivity index (χ2v) is 7.08. The van der Waals surface area contributed by atoms with Crippen LogP contribution in [0.15, 0.2) is 18.2 Å². The molecule has 1 saturated heterocycles. The van der Waals surface area contributed by atoms with E-state index < -0.39 is 32.9 Å². The Bertz CT molecular complexity index is 670.